The van der Waals surface area contributed by atoms with E-state index in [2.05, 4.69) is 4.90 Å². The molecule has 0 bridgehead atoms. The zero-order valence-corrected chi connectivity index (χ0v) is 17.2. The van der Waals surface area contributed by atoms with Gasteiger partial charge in [0.15, 0.2) is 17.9 Å². The lowest BCUT2D eigenvalue weighted by Gasteiger charge is -2.37. The fraction of sp³-hybridized carbons (Fsp3) is 1.00. The van der Waals surface area contributed by atoms with Gasteiger partial charge in [-0.25, -0.2) is 0 Å². The summed E-state index contributed by atoms with van der Waals surface area (Å²) in [6.07, 6.45) is -2.40. The van der Waals surface area contributed by atoms with Crippen molar-refractivity contribution in [3.63, 3.8) is 0 Å². The molecule has 2 unspecified atom stereocenters. The van der Waals surface area contributed by atoms with E-state index in [1.165, 1.54) is 0 Å². The first kappa shape index (κ1) is 20.9. The van der Waals surface area contributed by atoms with E-state index in [0.717, 1.165) is 13.1 Å². The molecule has 0 aromatic heterocycles. The van der Waals surface area contributed by atoms with Crippen molar-refractivity contribution in [2.45, 2.75) is 76.1 Å². The Morgan fingerprint density at radius 2 is 1.61 bits per heavy atom. The minimum Gasteiger partial charge on any atom is -0.389 e. The number of hydrogen-bond donors (Lipinski definition) is 1. The molecule has 0 spiro atoms. The highest BCUT2D eigenvalue weighted by Gasteiger charge is 2.60. The quantitative estimate of drug-likeness (QED) is 0.663. The summed E-state index contributed by atoms with van der Waals surface area (Å²) >= 11 is 0. The van der Waals surface area contributed by atoms with Crippen molar-refractivity contribution in [3.8, 4) is 0 Å². The average Bonchev–Trinajstić information content (AvgIpc) is 3.10. The molecule has 0 aromatic rings. The largest absolute Gasteiger partial charge is 0.389 e. The van der Waals surface area contributed by atoms with Crippen LogP contribution < -0.4 is 0 Å². The molecule has 9 heteroatoms. The van der Waals surface area contributed by atoms with Gasteiger partial charge in [-0.1, -0.05) is 0 Å². The Labute approximate surface area is 166 Å². The van der Waals surface area contributed by atoms with E-state index < -0.39 is 24.0 Å². The molecule has 4 rings (SSSR count). The highest BCUT2D eigenvalue weighted by Crippen LogP contribution is 2.44. The summed E-state index contributed by atoms with van der Waals surface area (Å²) in [5.74, 6) is -1.46. The Kier molecular flexibility index (Phi) is 6.01. The van der Waals surface area contributed by atoms with Gasteiger partial charge in [-0.2, -0.15) is 0 Å². The van der Waals surface area contributed by atoms with Crippen molar-refractivity contribution in [3.05, 3.63) is 0 Å². The van der Waals surface area contributed by atoms with Crippen LogP contribution >= 0.6 is 0 Å². The van der Waals surface area contributed by atoms with Crippen molar-refractivity contribution in [1.82, 2.24) is 4.90 Å². The molecule has 1 N–H and O–H groups in total. The first-order valence-electron chi connectivity index (χ1n) is 10.2. The van der Waals surface area contributed by atoms with Crippen LogP contribution in [0.1, 0.15) is 27.7 Å². The molecule has 0 aliphatic carbocycles. The van der Waals surface area contributed by atoms with Gasteiger partial charge in [-0.15, -0.1) is 0 Å². The summed E-state index contributed by atoms with van der Waals surface area (Å²) in [6.45, 7) is 11.7. The van der Waals surface area contributed by atoms with Gasteiger partial charge < -0.3 is 38.3 Å². The van der Waals surface area contributed by atoms with Crippen LogP contribution in [-0.4, -0.2) is 104 Å². The molecule has 4 saturated heterocycles. The molecule has 0 aromatic carbocycles. The number of β-amino-alcohol motifs (C(OH)–C–C–N with tert-alkyl or cyclic N) is 1. The van der Waals surface area contributed by atoms with Gasteiger partial charge >= 0.3 is 0 Å². The molecule has 28 heavy (non-hydrogen) atoms. The topological polar surface area (TPSA) is 88.1 Å². The summed E-state index contributed by atoms with van der Waals surface area (Å²) < 4.78 is 41.2. The number of aliphatic hydroxyl groups excluding tert-OH is 1. The van der Waals surface area contributed by atoms with E-state index in [-0.39, 0.29) is 37.6 Å². The van der Waals surface area contributed by atoms with Crippen LogP contribution in [0.3, 0.4) is 0 Å². The van der Waals surface area contributed by atoms with E-state index in [1.807, 2.05) is 27.7 Å². The summed E-state index contributed by atoms with van der Waals surface area (Å²) in [5, 5.41) is 10.3. The standard InChI is InChI=1S/C19H33NO8/c1-18(2)25-14-13(11-23-10-12(21)9-20-5-7-22-8-6-20)24-17-16(15(14)26-18)27-19(3,4)28-17/h12-17,21H,5-11H2,1-4H3/t12?,13?,14-,15-,16+,17+/m0/s1. The molecule has 162 valence electrons. The van der Waals surface area contributed by atoms with E-state index in [1.54, 1.807) is 0 Å². The van der Waals surface area contributed by atoms with Gasteiger partial charge in [0.05, 0.1) is 32.5 Å². The maximum absolute atomic E-state index is 10.3. The molecule has 4 fully saturated rings. The molecular formula is C19H33NO8. The second-order valence-corrected chi connectivity index (χ2v) is 8.81. The number of fused-ring (bicyclic) bond motifs is 3. The third-order valence-corrected chi connectivity index (χ3v) is 5.42. The molecule has 0 radical (unpaired) electrons. The molecular weight excluding hydrogens is 370 g/mol. The first-order chi connectivity index (χ1) is 13.2. The predicted molar refractivity (Wildman–Crippen MR) is 96.6 cm³/mol. The summed E-state index contributed by atoms with van der Waals surface area (Å²) in [5.41, 5.74) is 0. The minimum atomic E-state index is -0.736. The van der Waals surface area contributed by atoms with Crippen molar-refractivity contribution < 1.29 is 38.3 Å². The molecule has 4 aliphatic rings. The van der Waals surface area contributed by atoms with Crippen LogP contribution in [0.4, 0.5) is 0 Å². The second-order valence-electron chi connectivity index (χ2n) is 8.81. The Balaban J connectivity index is 1.31. The van der Waals surface area contributed by atoms with Crippen LogP contribution in [0.15, 0.2) is 0 Å². The molecule has 4 heterocycles. The number of nitrogens with zero attached hydrogens (tertiary/aromatic N) is 1. The van der Waals surface area contributed by atoms with E-state index in [0.29, 0.717) is 19.8 Å². The Morgan fingerprint density at radius 3 is 2.36 bits per heavy atom. The summed E-state index contributed by atoms with van der Waals surface area (Å²) in [6, 6.07) is 0. The lowest BCUT2D eigenvalue weighted by molar-refractivity contribution is -0.244. The fourth-order valence-electron chi connectivity index (χ4n) is 4.28. The SMILES string of the molecule is CC1(C)O[C@H]2OC(COCC(O)CN3CCOCC3)[C@@H]3OC(C)(C)O[C@@H]3[C@H]2O1. The molecule has 4 aliphatic heterocycles. The third kappa shape index (κ3) is 4.69. The second kappa shape index (κ2) is 8.05. The van der Waals surface area contributed by atoms with E-state index >= 15 is 0 Å². The van der Waals surface area contributed by atoms with Crippen molar-refractivity contribution >= 4 is 0 Å². The Morgan fingerprint density at radius 1 is 0.964 bits per heavy atom. The van der Waals surface area contributed by atoms with Crippen molar-refractivity contribution in [2.24, 2.45) is 0 Å². The van der Waals surface area contributed by atoms with E-state index in [4.69, 9.17) is 33.2 Å². The Hall–Kier alpha value is -0.360. The van der Waals surface area contributed by atoms with Gasteiger partial charge in [0.1, 0.15) is 24.4 Å². The monoisotopic (exact) mass is 403 g/mol. The zero-order chi connectivity index (χ0) is 19.9. The fourth-order valence-corrected chi connectivity index (χ4v) is 4.28. The van der Waals surface area contributed by atoms with Crippen molar-refractivity contribution in [1.29, 1.82) is 0 Å². The first-order valence-corrected chi connectivity index (χ1v) is 10.2. The lowest BCUT2D eigenvalue weighted by atomic mass is 9.99. The summed E-state index contributed by atoms with van der Waals surface area (Å²) in [7, 11) is 0. The van der Waals surface area contributed by atoms with Crippen molar-refractivity contribution in [2.75, 3.05) is 46.1 Å². The van der Waals surface area contributed by atoms with Gasteiger partial charge in [0, 0.05) is 19.6 Å². The number of hydrogen-bond acceptors (Lipinski definition) is 9. The summed E-state index contributed by atoms with van der Waals surface area (Å²) in [4.78, 5) is 2.18. The maximum Gasteiger partial charge on any atom is 0.190 e. The van der Waals surface area contributed by atoms with Crippen LogP contribution in [0, 0.1) is 0 Å². The number of morpholine rings is 1. The van der Waals surface area contributed by atoms with Gasteiger partial charge in [-0.05, 0) is 27.7 Å². The average molecular weight is 403 g/mol. The minimum absolute atomic E-state index is 0.232. The van der Waals surface area contributed by atoms with E-state index in [9.17, 15) is 5.11 Å². The van der Waals surface area contributed by atoms with Crippen LogP contribution in [0.5, 0.6) is 0 Å². The Bertz CT molecular complexity index is 538. The highest BCUT2D eigenvalue weighted by atomic mass is 16.9. The van der Waals surface area contributed by atoms with Crippen LogP contribution in [-0.2, 0) is 33.2 Å². The smallest absolute Gasteiger partial charge is 0.190 e. The van der Waals surface area contributed by atoms with Crippen LogP contribution in [0.2, 0.25) is 0 Å². The van der Waals surface area contributed by atoms with Gasteiger partial charge in [0.25, 0.3) is 0 Å². The van der Waals surface area contributed by atoms with Crippen LogP contribution in [0.25, 0.3) is 0 Å². The molecule has 0 amide bonds. The zero-order valence-electron chi connectivity index (χ0n) is 17.2. The van der Waals surface area contributed by atoms with Gasteiger partial charge in [-0.3, -0.25) is 4.90 Å². The molecule has 6 atom stereocenters. The maximum atomic E-state index is 10.3. The van der Waals surface area contributed by atoms with Gasteiger partial charge in [0.2, 0.25) is 0 Å². The molecule has 9 nitrogen and oxygen atoms in total. The predicted octanol–water partition coefficient (Wildman–Crippen LogP) is 0.0926. The third-order valence-electron chi connectivity index (χ3n) is 5.42. The number of ether oxygens (including phenoxy) is 7. The normalized spacial score (nSPS) is 40.8. The lowest BCUT2D eigenvalue weighted by Crippen LogP contribution is -2.56. The number of aliphatic hydroxyl groups is 1. The number of rotatable bonds is 6. The molecule has 0 saturated carbocycles. The highest BCUT2D eigenvalue weighted by molar-refractivity contribution is 5.00.